The van der Waals surface area contributed by atoms with Gasteiger partial charge in [-0.2, -0.15) is 12.8 Å². The summed E-state index contributed by atoms with van der Waals surface area (Å²) in [5.41, 5.74) is 0. The van der Waals surface area contributed by atoms with Crippen LogP contribution in [-0.4, -0.2) is 0 Å². The minimum atomic E-state index is 0. The van der Waals surface area contributed by atoms with Crippen molar-refractivity contribution in [2.45, 2.75) is 78.1 Å². The van der Waals surface area contributed by atoms with Crippen LogP contribution in [0.3, 0.4) is 0 Å². The fourth-order valence-corrected chi connectivity index (χ4v) is 1.71. The zero-order valence-electron chi connectivity index (χ0n) is 20.5. The molecule has 0 radical (unpaired) electrons. The van der Waals surface area contributed by atoms with Crippen molar-refractivity contribution in [1.82, 2.24) is 0 Å². The van der Waals surface area contributed by atoms with E-state index in [-0.39, 0.29) is 97.6 Å². The third-order valence-corrected chi connectivity index (χ3v) is 2.67. The first kappa shape index (κ1) is 58.7. The Labute approximate surface area is 269 Å². The maximum Gasteiger partial charge on any atom is 2.00 e. The van der Waals surface area contributed by atoms with Crippen LogP contribution in [0.25, 0.3) is 0 Å². The minimum Gasteiger partial charge on any atom is 1.00 e. The summed E-state index contributed by atoms with van der Waals surface area (Å²) in [6.07, 6.45) is 30.0. The van der Waals surface area contributed by atoms with E-state index >= 15 is 0 Å². The van der Waals surface area contributed by atoms with Gasteiger partial charge in [-0.3, -0.25) is 0 Å². The molecule has 0 heterocycles. The Kier molecular flexibility index (Phi) is 136. The molecule has 0 spiro atoms. The molecule has 0 nitrogen and oxygen atoms in total. The smallest absolute Gasteiger partial charge is 1.00 e. The van der Waals surface area contributed by atoms with E-state index < -0.39 is 0 Å². The first-order valence-corrected chi connectivity index (χ1v) is 15.6. The van der Waals surface area contributed by atoms with Crippen molar-refractivity contribution in [3.63, 3.8) is 0 Å². The zero-order valence-corrected chi connectivity index (χ0v) is 29.4. The van der Waals surface area contributed by atoms with Gasteiger partial charge in [-0.15, -0.1) is 0 Å². The summed E-state index contributed by atoms with van der Waals surface area (Å²) in [5.74, 6) is 0. The molecule has 0 N–H and O–H groups in total. The molecular formula is C24H44I2Li2Pt2. The molecular weight excluding hydrogens is 946 g/mol. The fourth-order valence-electron chi connectivity index (χ4n) is 1.71. The van der Waals surface area contributed by atoms with Gasteiger partial charge in [0.05, 0.1) is 0 Å². The third-order valence-electron chi connectivity index (χ3n) is 2.67. The summed E-state index contributed by atoms with van der Waals surface area (Å²) in [4.78, 5) is 0. The second-order valence-corrected chi connectivity index (χ2v) is 5.20. The molecule has 0 bridgehead atoms. The average molecular weight is 990 g/mol. The van der Waals surface area contributed by atoms with Crippen LogP contribution in [-0.2, 0) is 37.2 Å². The molecule has 2 rings (SSSR count). The summed E-state index contributed by atoms with van der Waals surface area (Å²) in [7, 11) is 0. The van der Waals surface area contributed by atoms with Gasteiger partial charge in [0.25, 0.3) is 0 Å². The number of rotatable bonds is 0. The van der Waals surface area contributed by atoms with Crippen molar-refractivity contribution in [3.8, 4) is 0 Å². The van der Waals surface area contributed by atoms with Crippen molar-refractivity contribution in [2.24, 2.45) is 0 Å². The SMILES string of the molecule is C1=CCC/C=C\CC1.C1=CCC/C=C\CC1.[CH2-]CC.[CH2-]CC.[CH3-].[CH3-].[I-].[I][Pt+].[Li+].[Li+].[Pt+2]. The summed E-state index contributed by atoms with van der Waals surface area (Å²) in [6, 6.07) is 0. The predicted octanol–water partition coefficient (Wildman–Crippen LogP) is 0.600. The van der Waals surface area contributed by atoms with Crippen molar-refractivity contribution in [2.75, 3.05) is 0 Å². The molecule has 0 unspecified atom stereocenters. The molecule has 0 atom stereocenters. The van der Waals surface area contributed by atoms with Gasteiger partial charge in [-0.05, 0) is 51.4 Å². The third kappa shape index (κ3) is 77.3. The van der Waals surface area contributed by atoms with Crippen LogP contribution in [0.15, 0.2) is 48.6 Å². The second-order valence-electron chi connectivity index (χ2n) is 5.20. The van der Waals surface area contributed by atoms with Crippen LogP contribution in [0.5, 0.6) is 0 Å². The van der Waals surface area contributed by atoms with E-state index in [1.54, 1.807) is 0 Å². The molecule has 0 aromatic carbocycles. The molecule has 6 heteroatoms. The van der Waals surface area contributed by atoms with Crippen LogP contribution >= 0.6 is 19.4 Å². The summed E-state index contributed by atoms with van der Waals surface area (Å²) in [5, 5.41) is 0. The number of halogens is 2. The van der Waals surface area contributed by atoms with E-state index in [1.165, 1.54) is 51.4 Å². The first-order chi connectivity index (χ1) is 11.8. The topological polar surface area (TPSA) is 0 Å². The molecule has 0 amide bonds. The Hall–Kier alpha value is 2.99. The van der Waals surface area contributed by atoms with Gasteiger partial charge in [0.15, 0.2) is 0 Å². The molecule has 0 aromatic rings. The van der Waals surface area contributed by atoms with Gasteiger partial charge in [0.2, 0.25) is 0 Å². The standard InChI is InChI=1S/2C8H12.2C3H7.2CH3.2HI.2Li.2Pt/c2*1-2-4-6-8-7-5-3-1;2*1-3-2;;;;;;;;/h2*1-2,7-8H,3-6H2;2*1,3H2,2H3;2*1H3;2*1H;;;;/q;;4*-1;;;2*+1;2*+2/p-2/b2*2-1-,8-7?;;;;;;;;;;. The summed E-state index contributed by atoms with van der Waals surface area (Å²) < 4.78 is 0. The molecule has 0 saturated carbocycles. The van der Waals surface area contributed by atoms with Gasteiger partial charge in [0, 0.05) is 0 Å². The van der Waals surface area contributed by atoms with Gasteiger partial charge in [-0.25, -0.2) is 0 Å². The molecule has 2 aliphatic carbocycles. The maximum atomic E-state index is 3.49. The quantitative estimate of drug-likeness (QED) is 0.145. The van der Waals surface area contributed by atoms with Gasteiger partial charge >= 0.3 is 94.3 Å². The minimum absolute atomic E-state index is 0. The normalized spacial score (nSPS) is 14.2. The van der Waals surface area contributed by atoms with Crippen LogP contribution in [0.2, 0.25) is 0 Å². The average Bonchev–Trinajstić information content (AvgIpc) is 2.50. The number of allylic oxidation sites excluding steroid dienone is 8. The van der Waals surface area contributed by atoms with Crippen LogP contribution in [0, 0.1) is 28.7 Å². The van der Waals surface area contributed by atoms with Crippen LogP contribution in [0.4, 0.5) is 0 Å². The molecule has 2 aliphatic rings. The molecule has 0 fully saturated rings. The summed E-state index contributed by atoms with van der Waals surface area (Å²) in [6.45, 7) is 11.0. The van der Waals surface area contributed by atoms with Gasteiger partial charge in [-0.1, -0.05) is 62.5 Å². The zero-order chi connectivity index (χ0) is 18.7. The number of hydrogen-bond donors (Lipinski definition) is 0. The fraction of sp³-hybridized carbons (Fsp3) is 0.500. The largest absolute Gasteiger partial charge is 2.00 e. The van der Waals surface area contributed by atoms with E-state index in [4.69, 9.17) is 0 Å². The Morgan fingerprint density at radius 3 is 0.700 bits per heavy atom. The van der Waals surface area contributed by atoms with Crippen molar-refractivity contribution >= 4 is 19.4 Å². The van der Waals surface area contributed by atoms with Gasteiger partial charge in [0.1, 0.15) is 0 Å². The maximum absolute atomic E-state index is 3.49. The van der Waals surface area contributed by atoms with Crippen molar-refractivity contribution < 1.29 is 98.9 Å². The molecule has 30 heavy (non-hydrogen) atoms. The second kappa shape index (κ2) is 69.7. The van der Waals surface area contributed by atoms with E-state index in [2.05, 4.69) is 97.9 Å². The predicted molar refractivity (Wildman–Crippen MR) is 132 cm³/mol. The number of hydrogen-bond acceptors (Lipinski definition) is 0. The monoisotopic (exact) mass is 990 g/mol. The van der Waals surface area contributed by atoms with E-state index in [9.17, 15) is 0 Å². The van der Waals surface area contributed by atoms with Gasteiger partial charge < -0.3 is 52.7 Å². The van der Waals surface area contributed by atoms with Crippen molar-refractivity contribution in [3.05, 3.63) is 77.3 Å². The van der Waals surface area contributed by atoms with E-state index in [1.807, 2.05) is 13.8 Å². The Morgan fingerprint density at radius 1 is 0.567 bits per heavy atom. The Morgan fingerprint density at radius 2 is 0.633 bits per heavy atom. The van der Waals surface area contributed by atoms with Crippen LogP contribution < -0.4 is 61.7 Å². The van der Waals surface area contributed by atoms with E-state index in [0.717, 1.165) is 12.8 Å². The Balaban J connectivity index is -0.0000000273. The molecule has 0 aliphatic heterocycles. The molecule has 176 valence electrons. The first-order valence-electron chi connectivity index (χ1n) is 9.13. The van der Waals surface area contributed by atoms with Crippen molar-refractivity contribution in [1.29, 1.82) is 0 Å². The molecule has 0 saturated heterocycles. The van der Waals surface area contributed by atoms with E-state index in [0.29, 0.717) is 0 Å². The molecule has 0 aromatic heterocycles. The summed E-state index contributed by atoms with van der Waals surface area (Å²) >= 11 is 4.23. The Bertz CT molecular complexity index is 228. The van der Waals surface area contributed by atoms with Crippen LogP contribution in [0.1, 0.15) is 78.1 Å².